The minimum atomic E-state index is -0.679. The lowest BCUT2D eigenvalue weighted by atomic mass is 9.82. The van der Waals surface area contributed by atoms with Crippen molar-refractivity contribution < 1.29 is 10.0 Å². The molecule has 0 fully saturated rings. The fourth-order valence-electron chi connectivity index (χ4n) is 1.47. The van der Waals surface area contributed by atoms with Crippen LogP contribution in [0.3, 0.4) is 0 Å². The maximum atomic E-state index is 10.9. The zero-order chi connectivity index (χ0) is 13.4. The van der Waals surface area contributed by atoms with E-state index in [1.54, 1.807) is 0 Å². The molecule has 0 aliphatic heterocycles. The minimum absolute atomic E-state index is 0. The van der Waals surface area contributed by atoms with Gasteiger partial charge in [0.15, 0.2) is 0 Å². The molecule has 102 valence electrons. The Morgan fingerprint density at radius 2 is 1.94 bits per heavy atom. The van der Waals surface area contributed by atoms with E-state index in [2.05, 4.69) is 0 Å². The quantitative estimate of drug-likeness (QED) is 0.646. The summed E-state index contributed by atoms with van der Waals surface area (Å²) in [6.07, 6.45) is 0. The Bertz CT molecular complexity index is 458. The van der Waals surface area contributed by atoms with Crippen LogP contribution in [0.25, 0.3) is 0 Å². The van der Waals surface area contributed by atoms with Crippen molar-refractivity contribution in [2.45, 2.75) is 26.8 Å². The van der Waals surface area contributed by atoms with Crippen LogP contribution in [0, 0.1) is 15.5 Å². The monoisotopic (exact) mass is 294 g/mol. The van der Waals surface area contributed by atoms with Crippen molar-refractivity contribution in [3.63, 3.8) is 0 Å². The highest BCUT2D eigenvalue weighted by Crippen LogP contribution is 2.43. The van der Waals surface area contributed by atoms with Gasteiger partial charge in [-0.05, 0) is 11.5 Å². The Labute approximate surface area is 116 Å². The predicted molar refractivity (Wildman–Crippen MR) is 73.4 cm³/mol. The first kappa shape index (κ1) is 17.0. The normalized spacial score (nSPS) is 12.7. The van der Waals surface area contributed by atoms with Gasteiger partial charge in [0.2, 0.25) is 0 Å². The smallest absolute Gasteiger partial charge is 0.278 e. The second-order valence-corrected chi connectivity index (χ2v) is 5.34. The molecule has 5 nitrogen and oxygen atoms in total. The Morgan fingerprint density at radius 3 is 2.33 bits per heavy atom. The summed E-state index contributed by atoms with van der Waals surface area (Å²) in [5.41, 5.74) is 5.40. The highest BCUT2D eigenvalue weighted by atomic mass is 35.5. The molecule has 1 aromatic rings. The Morgan fingerprint density at radius 1 is 1.44 bits per heavy atom. The second-order valence-electron chi connectivity index (χ2n) is 4.93. The van der Waals surface area contributed by atoms with E-state index in [4.69, 9.17) is 17.3 Å². The van der Waals surface area contributed by atoms with Crippen molar-refractivity contribution >= 4 is 29.7 Å². The highest BCUT2D eigenvalue weighted by Gasteiger charge is 2.32. The van der Waals surface area contributed by atoms with Crippen LogP contribution >= 0.6 is 24.0 Å². The van der Waals surface area contributed by atoms with E-state index < -0.39 is 16.4 Å². The number of hydrogen-bond acceptors (Lipinski definition) is 4. The van der Waals surface area contributed by atoms with E-state index >= 15 is 0 Å². The number of nitro groups is 1. The molecule has 18 heavy (non-hydrogen) atoms. The first-order valence-electron chi connectivity index (χ1n) is 5.07. The van der Waals surface area contributed by atoms with Crippen LogP contribution in [0.5, 0.6) is 5.75 Å². The van der Waals surface area contributed by atoms with Gasteiger partial charge >= 0.3 is 0 Å². The molecular weight excluding hydrogens is 279 g/mol. The van der Waals surface area contributed by atoms with Gasteiger partial charge in [0.05, 0.1) is 15.5 Å². The van der Waals surface area contributed by atoms with Gasteiger partial charge in [0, 0.05) is 12.1 Å². The van der Waals surface area contributed by atoms with Gasteiger partial charge in [-0.1, -0.05) is 32.4 Å². The van der Waals surface area contributed by atoms with E-state index in [0.717, 1.165) is 0 Å². The molecule has 1 atom stereocenters. The average molecular weight is 295 g/mol. The number of phenols is 1. The largest absolute Gasteiger partial charge is 0.506 e. The van der Waals surface area contributed by atoms with Crippen molar-refractivity contribution in [3.8, 4) is 5.75 Å². The van der Waals surface area contributed by atoms with Gasteiger partial charge in [0.1, 0.15) is 5.75 Å². The van der Waals surface area contributed by atoms with Gasteiger partial charge in [-0.3, -0.25) is 10.1 Å². The molecule has 7 heteroatoms. The Hall–Kier alpha value is -1.04. The van der Waals surface area contributed by atoms with E-state index in [0.29, 0.717) is 0 Å². The fraction of sp³-hybridized carbons (Fsp3) is 0.455. The molecule has 0 spiro atoms. The topological polar surface area (TPSA) is 89.4 Å². The van der Waals surface area contributed by atoms with Gasteiger partial charge in [-0.15, -0.1) is 12.4 Å². The van der Waals surface area contributed by atoms with Crippen molar-refractivity contribution in [2.24, 2.45) is 11.1 Å². The van der Waals surface area contributed by atoms with E-state index in [1.165, 1.54) is 12.1 Å². The van der Waals surface area contributed by atoms with Crippen LogP contribution in [-0.4, -0.2) is 10.0 Å². The number of aromatic hydroxyl groups is 1. The number of benzene rings is 1. The minimum Gasteiger partial charge on any atom is -0.506 e. The van der Waals surface area contributed by atoms with Gasteiger partial charge in [-0.2, -0.15) is 0 Å². The number of phenolic OH excluding ortho intramolecular Hbond substituents is 1. The van der Waals surface area contributed by atoms with E-state index in [1.807, 2.05) is 20.8 Å². The van der Waals surface area contributed by atoms with Crippen LogP contribution in [0.4, 0.5) is 5.69 Å². The molecule has 0 saturated carbocycles. The van der Waals surface area contributed by atoms with Gasteiger partial charge in [0.25, 0.3) is 5.69 Å². The number of halogens is 2. The number of rotatable bonds is 2. The zero-order valence-corrected chi connectivity index (χ0v) is 11.9. The number of nitro benzene ring substituents is 1. The van der Waals surface area contributed by atoms with E-state index in [9.17, 15) is 15.2 Å². The Kier molecular flexibility index (Phi) is 5.40. The summed E-state index contributed by atoms with van der Waals surface area (Å²) in [5, 5.41) is 20.8. The van der Waals surface area contributed by atoms with Gasteiger partial charge in [-0.25, -0.2) is 0 Å². The average Bonchev–Trinajstić information content (AvgIpc) is 2.19. The molecule has 0 aliphatic rings. The SMILES string of the molecule is CC(C)(C)[C@@H](N)c1c([N+](=O)[O-])ccc(Cl)c1O.Cl. The molecule has 0 amide bonds. The lowest BCUT2D eigenvalue weighted by Gasteiger charge is -2.27. The first-order valence-corrected chi connectivity index (χ1v) is 5.45. The summed E-state index contributed by atoms with van der Waals surface area (Å²) in [4.78, 5) is 10.3. The maximum Gasteiger partial charge on any atom is 0.278 e. The van der Waals surface area contributed by atoms with Crippen molar-refractivity contribution in [3.05, 3.63) is 32.8 Å². The molecule has 0 bridgehead atoms. The van der Waals surface area contributed by atoms with E-state index in [-0.39, 0.29) is 34.4 Å². The third-order valence-electron chi connectivity index (χ3n) is 2.59. The van der Waals surface area contributed by atoms with Crippen LogP contribution in [0.15, 0.2) is 12.1 Å². The standard InChI is InChI=1S/C11H15ClN2O3.ClH/c1-11(2,3)10(13)8-7(14(16)17)5-4-6(12)9(8)15;/h4-5,10,15H,13H2,1-3H3;1H/t10-;/m0./s1. The zero-order valence-electron chi connectivity index (χ0n) is 10.3. The molecule has 0 saturated heterocycles. The van der Waals surface area contributed by atoms with Crippen molar-refractivity contribution in [1.29, 1.82) is 0 Å². The lowest BCUT2D eigenvalue weighted by Crippen LogP contribution is -2.27. The third-order valence-corrected chi connectivity index (χ3v) is 2.89. The molecular formula is C11H16Cl2N2O3. The maximum absolute atomic E-state index is 10.9. The Balaban J connectivity index is 0.00000289. The molecule has 0 aromatic heterocycles. The molecule has 0 aliphatic carbocycles. The summed E-state index contributed by atoms with van der Waals surface area (Å²) in [5.74, 6) is -0.316. The summed E-state index contributed by atoms with van der Waals surface area (Å²) in [7, 11) is 0. The fourth-order valence-corrected chi connectivity index (χ4v) is 1.63. The van der Waals surface area contributed by atoms with Crippen molar-refractivity contribution in [1.82, 2.24) is 0 Å². The summed E-state index contributed by atoms with van der Waals surface area (Å²) < 4.78 is 0. The molecule has 1 aromatic carbocycles. The highest BCUT2D eigenvalue weighted by molar-refractivity contribution is 6.32. The third kappa shape index (κ3) is 3.25. The lowest BCUT2D eigenvalue weighted by molar-refractivity contribution is -0.386. The number of nitrogens with two attached hydrogens (primary N) is 1. The summed E-state index contributed by atoms with van der Waals surface area (Å²) >= 11 is 5.76. The molecule has 0 heterocycles. The summed E-state index contributed by atoms with van der Waals surface area (Å²) in [6, 6.07) is 1.86. The molecule has 0 radical (unpaired) electrons. The predicted octanol–water partition coefficient (Wildman–Crippen LogP) is 3.42. The number of nitrogens with zero attached hydrogens (tertiary/aromatic N) is 1. The second kappa shape index (κ2) is 5.73. The van der Waals surface area contributed by atoms with Gasteiger partial charge < -0.3 is 10.8 Å². The summed E-state index contributed by atoms with van der Waals surface area (Å²) in [6.45, 7) is 5.51. The first-order chi connectivity index (χ1) is 7.66. The van der Waals surface area contributed by atoms with Crippen LogP contribution in [0.2, 0.25) is 5.02 Å². The van der Waals surface area contributed by atoms with Crippen LogP contribution < -0.4 is 5.73 Å². The number of hydrogen-bond donors (Lipinski definition) is 2. The van der Waals surface area contributed by atoms with Crippen LogP contribution in [-0.2, 0) is 0 Å². The van der Waals surface area contributed by atoms with Crippen molar-refractivity contribution in [2.75, 3.05) is 0 Å². The molecule has 3 N–H and O–H groups in total. The van der Waals surface area contributed by atoms with Crippen LogP contribution in [0.1, 0.15) is 32.4 Å². The molecule has 1 rings (SSSR count). The molecule has 0 unspecified atom stereocenters.